The molecular weight excluding hydrogens is 1600 g/mol. The Hall–Kier alpha value is -9.13. The van der Waals surface area contributed by atoms with Crippen LogP contribution in [0.1, 0.15) is 36.8 Å². The zero-order chi connectivity index (χ0) is 77.9. The van der Waals surface area contributed by atoms with Gasteiger partial charge in [-0.1, -0.05) is 10.1 Å². The molecule has 38 nitrogen and oxygen atoms in total. The van der Waals surface area contributed by atoms with Crippen molar-refractivity contribution in [2.75, 3.05) is 50.4 Å². The van der Waals surface area contributed by atoms with Crippen molar-refractivity contribution in [2.24, 2.45) is 40.9 Å². The van der Waals surface area contributed by atoms with Crippen LogP contribution in [0.3, 0.4) is 0 Å². The van der Waals surface area contributed by atoms with Crippen molar-refractivity contribution in [1.29, 1.82) is 0 Å². The van der Waals surface area contributed by atoms with E-state index < -0.39 is 83.3 Å². The largest absolute Gasteiger partial charge is 0.505 e. The summed E-state index contributed by atoms with van der Waals surface area (Å²) in [6.07, 6.45) is 4.64. The van der Waals surface area contributed by atoms with Gasteiger partial charge in [0.05, 0.1) is 86.5 Å². The van der Waals surface area contributed by atoms with Crippen LogP contribution in [0.5, 0.6) is 23.0 Å². The van der Waals surface area contributed by atoms with Crippen molar-refractivity contribution in [2.45, 2.75) is 73.8 Å². The number of unbranched alkanes of at least 4 members (excludes halogenated alkanes) is 2. The van der Waals surface area contributed by atoms with Crippen LogP contribution in [0.2, 0.25) is 0 Å². The first-order valence-electron chi connectivity index (χ1n) is 29.5. The number of thioether (sulfide) groups is 2. The number of anilines is 2. The second-order valence-corrected chi connectivity index (χ2v) is 32.0. The zero-order valence-corrected chi connectivity index (χ0v) is 62.4. The number of sulfone groups is 2. The molecule has 8 aromatic carbocycles. The number of ether oxygens (including phenoxy) is 3. The quantitative estimate of drug-likeness (QED) is 0.00205. The molecule has 0 unspecified atom stereocenters. The van der Waals surface area contributed by atoms with Gasteiger partial charge in [0.2, 0.25) is 0 Å². The van der Waals surface area contributed by atoms with E-state index in [1.165, 1.54) is 93.1 Å². The highest BCUT2D eigenvalue weighted by Crippen LogP contribution is 2.51. The SMILES string of the molecule is COc1cc(SC#COOS(=O)(=O)O)c(C)cc1N=Nc1c(SOOO)cc2c(N=Nc3ccc(S(=O)(=O)CCCCOCCCCS(=O)(=O)c4ccc(N=Nc5c(N)ccc6c(O)c(N=Nc7cc(C)c(SC#COOS(=O)(=O)O)cc7OC)c(SOOO)cc56)c(S(=O)(=O)O)c4)cc3)c(N)ccc2c1O. The molecule has 0 fully saturated rings. The van der Waals surface area contributed by atoms with Crippen LogP contribution in [-0.4, -0.2) is 115 Å². The molecule has 0 aliphatic carbocycles. The van der Waals surface area contributed by atoms with Gasteiger partial charge in [-0.2, -0.15) is 30.4 Å². The molecule has 107 heavy (non-hydrogen) atoms. The molecule has 0 bridgehead atoms. The second-order valence-electron chi connectivity index (χ2n) is 21.2. The number of nitrogen functional groups attached to an aromatic ring is 2. The van der Waals surface area contributed by atoms with Crippen molar-refractivity contribution in [1.82, 2.24) is 0 Å². The maximum Gasteiger partial charge on any atom is 0.433 e. The average molecular weight is 1650 g/mol. The predicted octanol–water partition coefficient (Wildman–Crippen LogP) is 14.3. The van der Waals surface area contributed by atoms with E-state index in [4.69, 9.17) is 49.6 Å². The van der Waals surface area contributed by atoms with Gasteiger partial charge in [-0.3, -0.25) is 23.4 Å². The third kappa shape index (κ3) is 23.2. The molecule has 0 saturated heterocycles. The number of phenolic OH excluding ortho intramolecular Hbond substituents is 2. The van der Waals surface area contributed by atoms with Gasteiger partial charge < -0.3 is 35.9 Å². The summed E-state index contributed by atoms with van der Waals surface area (Å²) in [6, 6.07) is 22.8. The summed E-state index contributed by atoms with van der Waals surface area (Å²) in [5, 5.41) is 87.8. The Morgan fingerprint density at radius 2 is 0.879 bits per heavy atom. The molecule has 0 spiro atoms. The highest BCUT2D eigenvalue weighted by molar-refractivity contribution is 8.04. The molecule has 0 radical (unpaired) electrons. The molecule has 8 aromatic rings. The lowest BCUT2D eigenvalue weighted by atomic mass is 10.1. The summed E-state index contributed by atoms with van der Waals surface area (Å²) in [4.78, 5) is 7.76. The molecule has 0 atom stereocenters. The third-order valence-electron chi connectivity index (χ3n) is 14.2. The summed E-state index contributed by atoms with van der Waals surface area (Å²) >= 11 is 2.53. The molecule has 8 rings (SSSR count). The maximum atomic E-state index is 13.5. The molecule has 0 saturated carbocycles. The van der Waals surface area contributed by atoms with Crippen LogP contribution in [0.15, 0.2) is 178 Å². The van der Waals surface area contributed by atoms with Gasteiger partial charge in [0, 0.05) is 55.1 Å². The number of benzene rings is 8. The molecule has 0 aliphatic heterocycles. The second kappa shape index (κ2) is 37.6. The minimum Gasteiger partial charge on any atom is -0.505 e. The average Bonchev–Trinajstić information content (AvgIpc) is 0.772. The number of nitrogens with two attached hydrogens (primary N) is 2. The molecule has 0 amide bonds. The van der Waals surface area contributed by atoms with E-state index in [-0.39, 0.29) is 137 Å². The van der Waals surface area contributed by atoms with E-state index in [0.717, 1.165) is 35.7 Å². The first-order chi connectivity index (χ1) is 50.8. The molecule has 11 N–H and O–H groups in total. The van der Waals surface area contributed by atoms with E-state index in [1.807, 2.05) is 12.2 Å². The highest BCUT2D eigenvalue weighted by atomic mass is 32.3. The monoisotopic (exact) mass is 1650 g/mol. The van der Waals surface area contributed by atoms with Gasteiger partial charge in [-0.15, -0.1) is 44.5 Å². The molecule has 0 heterocycles. The standard InChI is InChI=1S/C60H56N10O28S9/c1-34-27-46(48(88-3)32-50(34)99-23-21-91-97-106(82,83)84)65-69-57-52(101-95-93-73)30-41-39(59(57)71)14-16-43(61)55(41)67-63-36-9-11-37(12-10-36)103(75,76)25-7-5-19-90-20-6-8-26-104(77,78)38-13-18-45(54(29-38)105(79,80)81)64-68-56-42-31-53(102-96-94-74)58(60(72)40(42)15-17-44(56)62)70-66-47-28-35(2)51(33-49(47)89-4)100-24-22-92-98-107(85,86)87/h9-18,27-33,71-74H,5-8,19-20,25-26,61-62H2,1-4H3,(H,79,80,81)(H,82,83,84)(H,85,86,87). The lowest BCUT2D eigenvalue weighted by molar-refractivity contribution is -0.432. The Kier molecular flexibility index (Phi) is 29.3. The number of rotatable bonds is 35. The fourth-order valence-electron chi connectivity index (χ4n) is 9.25. The highest BCUT2D eigenvalue weighted by Gasteiger charge is 2.26. The first kappa shape index (κ1) is 83.5. The number of azo groups is 4. The van der Waals surface area contributed by atoms with Gasteiger partial charge in [0.1, 0.15) is 56.2 Å². The van der Waals surface area contributed by atoms with E-state index >= 15 is 0 Å². The number of fused-ring (bicyclic) bond motifs is 2. The lowest BCUT2D eigenvalue weighted by Gasteiger charge is -2.12. The summed E-state index contributed by atoms with van der Waals surface area (Å²) in [5.74, 6) is -1.40. The normalized spacial score (nSPS) is 12.3. The molecule has 47 heteroatoms. The van der Waals surface area contributed by atoms with Crippen LogP contribution in [-0.2, 0) is 92.5 Å². The number of aromatic hydroxyl groups is 2. The Bertz CT molecular complexity index is 5530. The number of aryl methyl sites for hydroxylation is 2. The summed E-state index contributed by atoms with van der Waals surface area (Å²) < 4.78 is 183. The van der Waals surface area contributed by atoms with Crippen LogP contribution in [0.25, 0.3) is 21.5 Å². The smallest absolute Gasteiger partial charge is 0.433 e. The van der Waals surface area contributed by atoms with Crippen LogP contribution >= 0.6 is 47.6 Å². The fourth-order valence-corrected chi connectivity index (χ4v) is 15.1. The van der Waals surface area contributed by atoms with Gasteiger partial charge in [0.25, 0.3) is 10.1 Å². The summed E-state index contributed by atoms with van der Waals surface area (Å²) in [7, 11) is -20.3. The van der Waals surface area contributed by atoms with Crippen molar-refractivity contribution >= 4 is 177 Å². The first-order valence-corrected chi connectivity index (χ1v) is 40.1. The number of methoxy groups -OCH3 is 2. The number of hydrogen-bond acceptors (Lipinski definition) is 39. The Morgan fingerprint density at radius 3 is 1.31 bits per heavy atom. The van der Waals surface area contributed by atoms with Crippen LogP contribution in [0.4, 0.5) is 56.9 Å². The lowest BCUT2D eigenvalue weighted by Crippen LogP contribution is -2.10. The number of nitrogens with zero attached hydrogens (tertiary/aromatic N) is 8. The zero-order valence-electron chi connectivity index (χ0n) is 55.1. The topological polar surface area (TPSA) is 565 Å². The van der Waals surface area contributed by atoms with Crippen molar-refractivity contribution < 1.29 is 128 Å². The van der Waals surface area contributed by atoms with Crippen molar-refractivity contribution in [3.05, 3.63) is 114 Å². The summed E-state index contributed by atoms with van der Waals surface area (Å²) in [5.41, 5.74) is 13.3. The Labute approximate surface area is 625 Å². The van der Waals surface area contributed by atoms with Gasteiger partial charge >= 0.3 is 20.8 Å². The minimum atomic E-state index is -5.18. The maximum absolute atomic E-state index is 13.5. The van der Waals surface area contributed by atoms with Crippen molar-refractivity contribution in [3.8, 4) is 45.7 Å². The van der Waals surface area contributed by atoms with E-state index in [1.54, 1.807) is 19.9 Å². The van der Waals surface area contributed by atoms with Crippen molar-refractivity contribution in [3.63, 3.8) is 0 Å². The minimum absolute atomic E-state index is 0.0153. The number of phenols is 2. The fraction of sp³-hybridized carbons (Fsp3) is 0.200. The van der Waals surface area contributed by atoms with E-state index in [0.29, 0.717) is 57.5 Å². The third-order valence-corrected chi connectivity index (χ3v) is 22.1. The predicted molar refractivity (Wildman–Crippen MR) is 384 cm³/mol. The Balaban J connectivity index is 0.851. The molecule has 0 aliphatic rings. The van der Waals surface area contributed by atoms with E-state index in [9.17, 15) is 56.9 Å². The number of hydrogen-bond donors (Lipinski definition) is 9. The van der Waals surface area contributed by atoms with Crippen LogP contribution < -0.4 is 20.9 Å². The van der Waals surface area contributed by atoms with Gasteiger partial charge in [-0.05, 0) is 186 Å². The van der Waals surface area contributed by atoms with Gasteiger partial charge in [-0.25, -0.2) is 27.4 Å². The molecule has 568 valence electrons. The van der Waals surface area contributed by atoms with Gasteiger partial charge in [0.15, 0.2) is 43.4 Å². The Morgan fingerprint density at radius 1 is 0.458 bits per heavy atom. The molecule has 0 aromatic heterocycles. The van der Waals surface area contributed by atoms with E-state index in [2.05, 4.69) is 84.3 Å². The summed E-state index contributed by atoms with van der Waals surface area (Å²) in [6.45, 7) is 3.56. The molecular formula is C60H56N10O28S9. The van der Waals surface area contributed by atoms with Crippen LogP contribution in [0, 0.1) is 36.6 Å².